The van der Waals surface area contributed by atoms with E-state index in [1.54, 1.807) is 6.92 Å². The van der Waals surface area contributed by atoms with Crippen LogP contribution in [0, 0.1) is 5.92 Å². The number of aliphatic hydroxyl groups is 2. The lowest BCUT2D eigenvalue weighted by atomic mass is 9.89. The second-order valence-electron chi connectivity index (χ2n) is 7.43. The Kier molecular flexibility index (Phi) is 6.58. The minimum atomic E-state index is -0.831. The minimum Gasteiger partial charge on any atom is -0.394 e. The fraction of sp³-hybridized carbons (Fsp3) is 0.938. The summed E-state index contributed by atoms with van der Waals surface area (Å²) in [7, 11) is 5.63. The average molecular weight is 346 g/mol. The van der Waals surface area contributed by atoms with Crippen LogP contribution in [0.15, 0.2) is 0 Å². The molecule has 24 heavy (non-hydrogen) atoms. The van der Waals surface area contributed by atoms with Gasteiger partial charge in [-0.25, -0.2) is 0 Å². The zero-order chi connectivity index (χ0) is 17.9. The van der Waals surface area contributed by atoms with Crippen molar-refractivity contribution in [1.29, 1.82) is 0 Å². The molecule has 0 aromatic carbocycles. The van der Waals surface area contributed by atoms with Gasteiger partial charge in [0.05, 0.1) is 39.0 Å². The van der Waals surface area contributed by atoms with Crippen molar-refractivity contribution in [1.82, 2.24) is 10.2 Å². The van der Waals surface area contributed by atoms with Crippen molar-refractivity contribution in [2.45, 2.75) is 31.5 Å². The quantitative estimate of drug-likeness (QED) is 0.510. The van der Waals surface area contributed by atoms with Gasteiger partial charge in [0.15, 0.2) is 12.8 Å². The second kappa shape index (κ2) is 8.07. The topological polar surface area (TPSA) is 91.3 Å². The van der Waals surface area contributed by atoms with Gasteiger partial charge in [-0.1, -0.05) is 6.92 Å². The molecule has 2 fully saturated rings. The van der Waals surface area contributed by atoms with Crippen molar-refractivity contribution >= 4 is 5.91 Å². The lowest BCUT2D eigenvalue weighted by Crippen LogP contribution is -2.64. The molecule has 0 aliphatic carbocycles. The second-order valence-corrected chi connectivity index (χ2v) is 7.43. The fourth-order valence-electron chi connectivity index (χ4n) is 3.44. The van der Waals surface area contributed by atoms with E-state index >= 15 is 0 Å². The number of nitrogens with one attached hydrogen (secondary N) is 1. The van der Waals surface area contributed by atoms with Crippen molar-refractivity contribution in [3.8, 4) is 0 Å². The summed E-state index contributed by atoms with van der Waals surface area (Å²) >= 11 is 0. The molecule has 2 heterocycles. The molecule has 8 nitrogen and oxygen atoms in total. The molecule has 2 saturated heterocycles. The van der Waals surface area contributed by atoms with Gasteiger partial charge in [0, 0.05) is 26.1 Å². The van der Waals surface area contributed by atoms with E-state index < -0.39 is 24.5 Å². The van der Waals surface area contributed by atoms with Crippen LogP contribution in [0.2, 0.25) is 0 Å². The maximum absolute atomic E-state index is 12.5. The van der Waals surface area contributed by atoms with Crippen molar-refractivity contribution in [3.05, 3.63) is 0 Å². The minimum absolute atomic E-state index is 0.119. The molecule has 3 N–H and O–H groups in total. The summed E-state index contributed by atoms with van der Waals surface area (Å²) in [5.41, 5.74) is 0. The van der Waals surface area contributed by atoms with Gasteiger partial charge < -0.3 is 29.5 Å². The Morgan fingerprint density at radius 1 is 1.42 bits per heavy atom. The summed E-state index contributed by atoms with van der Waals surface area (Å²) in [4.78, 5) is 14.8. The van der Waals surface area contributed by atoms with Gasteiger partial charge in [-0.2, -0.15) is 0 Å². The van der Waals surface area contributed by atoms with Crippen LogP contribution >= 0.6 is 0 Å². The molecule has 140 valence electrons. The summed E-state index contributed by atoms with van der Waals surface area (Å²) in [6.45, 7) is 5.75. The standard InChI is InChI=1S/C16H31N3O5/c1-11-12(10-20)24-16(23-4)14(15(11)22)17-13(21)9-19(3)7-5-18(2)6-8-19/h11-12,14-16,20,22H,5-10H2,1-4H3/p+1. The van der Waals surface area contributed by atoms with E-state index in [2.05, 4.69) is 24.3 Å². The van der Waals surface area contributed by atoms with E-state index in [1.165, 1.54) is 7.11 Å². The summed E-state index contributed by atoms with van der Waals surface area (Å²) in [5.74, 6) is -0.411. The first kappa shape index (κ1) is 19.6. The number of hydrogen-bond acceptors (Lipinski definition) is 6. The van der Waals surface area contributed by atoms with E-state index in [9.17, 15) is 15.0 Å². The summed E-state index contributed by atoms with van der Waals surface area (Å²) in [5, 5.41) is 22.7. The highest BCUT2D eigenvalue weighted by Crippen LogP contribution is 2.26. The van der Waals surface area contributed by atoms with E-state index in [-0.39, 0.29) is 18.4 Å². The Bertz CT molecular complexity index is 426. The highest BCUT2D eigenvalue weighted by atomic mass is 16.7. The first-order valence-electron chi connectivity index (χ1n) is 8.58. The molecule has 0 saturated carbocycles. The maximum atomic E-state index is 12.5. The largest absolute Gasteiger partial charge is 0.394 e. The molecule has 0 aromatic rings. The van der Waals surface area contributed by atoms with Crippen LogP contribution in [-0.4, -0.2) is 111 Å². The van der Waals surface area contributed by atoms with Gasteiger partial charge in [-0.05, 0) is 7.05 Å². The molecule has 0 bridgehead atoms. The van der Waals surface area contributed by atoms with Crippen molar-refractivity contribution in [3.63, 3.8) is 0 Å². The third-order valence-corrected chi connectivity index (χ3v) is 5.40. The molecule has 5 atom stereocenters. The Morgan fingerprint density at radius 3 is 2.58 bits per heavy atom. The van der Waals surface area contributed by atoms with Crippen LogP contribution < -0.4 is 5.32 Å². The van der Waals surface area contributed by atoms with Crippen LogP contribution in [0.1, 0.15) is 6.92 Å². The Labute approximate surface area is 143 Å². The Morgan fingerprint density at radius 2 is 2.04 bits per heavy atom. The summed E-state index contributed by atoms with van der Waals surface area (Å²) in [6, 6.07) is -0.639. The number of quaternary nitrogens is 1. The number of rotatable bonds is 5. The highest BCUT2D eigenvalue weighted by molar-refractivity contribution is 5.77. The first-order chi connectivity index (χ1) is 11.3. The lowest BCUT2D eigenvalue weighted by Gasteiger charge is -2.44. The van der Waals surface area contributed by atoms with Gasteiger partial charge >= 0.3 is 0 Å². The number of hydrogen-bond donors (Lipinski definition) is 3. The number of carbonyl (C=O) groups is 1. The number of nitrogens with zero attached hydrogens (tertiary/aromatic N) is 2. The zero-order valence-electron chi connectivity index (χ0n) is 15.1. The van der Waals surface area contributed by atoms with Crippen molar-refractivity contribution in [2.75, 3.05) is 60.5 Å². The van der Waals surface area contributed by atoms with Crippen LogP contribution in [0.4, 0.5) is 0 Å². The molecule has 1 amide bonds. The molecule has 2 rings (SSSR count). The molecule has 0 spiro atoms. The van der Waals surface area contributed by atoms with Crippen molar-refractivity contribution in [2.24, 2.45) is 5.92 Å². The number of likely N-dealkylation sites (N-methyl/N-ethyl adjacent to an activating group) is 2. The molecular weight excluding hydrogens is 314 g/mol. The van der Waals surface area contributed by atoms with Crippen LogP contribution in [-0.2, 0) is 14.3 Å². The van der Waals surface area contributed by atoms with Gasteiger partial charge in [0.2, 0.25) is 0 Å². The van der Waals surface area contributed by atoms with Gasteiger partial charge in [0.1, 0.15) is 6.04 Å². The molecule has 5 unspecified atom stereocenters. The van der Waals surface area contributed by atoms with E-state index in [1.807, 2.05) is 0 Å². The molecule has 2 aliphatic heterocycles. The Hall–Kier alpha value is -0.770. The number of aliphatic hydroxyl groups excluding tert-OH is 2. The summed E-state index contributed by atoms with van der Waals surface area (Å²) < 4.78 is 11.6. The number of carbonyl (C=O) groups excluding carboxylic acids is 1. The molecule has 0 aromatic heterocycles. The molecule has 2 aliphatic rings. The van der Waals surface area contributed by atoms with Gasteiger partial charge in [0.25, 0.3) is 5.91 Å². The SMILES string of the molecule is COC1OC(CO)C(C)C(O)C1NC(=O)C[N+]1(C)CCN(C)CC1. The van der Waals surface area contributed by atoms with Crippen molar-refractivity contribution < 1.29 is 29.0 Å². The van der Waals surface area contributed by atoms with E-state index in [0.717, 1.165) is 26.2 Å². The van der Waals surface area contributed by atoms with Gasteiger partial charge in [-0.15, -0.1) is 0 Å². The van der Waals surface area contributed by atoms with E-state index in [0.29, 0.717) is 11.0 Å². The fourth-order valence-corrected chi connectivity index (χ4v) is 3.44. The monoisotopic (exact) mass is 346 g/mol. The smallest absolute Gasteiger partial charge is 0.275 e. The first-order valence-corrected chi connectivity index (χ1v) is 8.58. The number of piperazine rings is 1. The third kappa shape index (κ3) is 4.44. The Balaban J connectivity index is 1.96. The van der Waals surface area contributed by atoms with Crippen LogP contribution in [0.25, 0.3) is 0 Å². The predicted octanol–water partition coefficient (Wildman–Crippen LogP) is -1.78. The molecular formula is C16H32N3O5+. The van der Waals surface area contributed by atoms with Gasteiger partial charge in [-0.3, -0.25) is 9.69 Å². The normalized spacial score (nSPS) is 37.2. The number of amides is 1. The summed E-state index contributed by atoms with van der Waals surface area (Å²) in [6.07, 6.45) is -2.10. The van der Waals surface area contributed by atoms with Crippen LogP contribution in [0.3, 0.4) is 0 Å². The third-order valence-electron chi connectivity index (χ3n) is 5.40. The number of methoxy groups -OCH3 is 1. The zero-order valence-corrected chi connectivity index (χ0v) is 15.1. The maximum Gasteiger partial charge on any atom is 0.275 e. The number of ether oxygens (including phenoxy) is 2. The predicted molar refractivity (Wildman–Crippen MR) is 88.1 cm³/mol. The molecule has 8 heteroatoms. The highest BCUT2D eigenvalue weighted by Gasteiger charge is 2.44. The molecule has 0 radical (unpaired) electrons. The van der Waals surface area contributed by atoms with E-state index in [4.69, 9.17) is 9.47 Å². The average Bonchev–Trinajstić information content (AvgIpc) is 2.55. The lowest BCUT2D eigenvalue weighted by molar-refractivity contribution is -0.906. The van der Waals surface area contributed by atoms with Crippen LogP contribution in [0.5, 0.6) is 0 Å².